The van der Waals surface area contributed by atoms with Gasteiger partial charge >= 0.3 is 0 Å². The molecule has 0 aliphatic carbocycles. The number of nitrogens with one attached hydrogen (secondary N) is 1. The van der Waals surface area contributed by atoms with Gasteiger partial charge in [0.25, 0.3) is 5.91 Å². The molecule has 1 saturated heterocycles. The van der Waals surface area contributed by atoms with Crippen LogP contribution < -0.4 is 11.1 Å². The summed E-state index contributed by atoms with van der Waals surface area (Å²) in [5.74, 6) is 0.0102. The molecule has 0 unspecified atom stereocenters. The van der Waals surface area contributed by atoms with Crippen molar-refractivity contribution in [2.45, 2.75) is 23.9 Å². The minimum Gasteiger partial charge on any atom is -0.469 e. The van der Waals surface area contributed by atoms with E-state index in [2.05, 4.69) is 10.3 Å². The fourth-order valence-electron chi connectivity index (χ4n) is 5.31. The summed E-state index contributed by atoms with van der Waals surface area (Å²) in [5, 5.41) is 5.70. The topological polar surface area (TPSA) is 110 Å². The van der Waals surface area contributed by atoms with Crippen molar-refractivity contribution in [3.63, 3.8) is 0 Å². The third-order valence-corrected chi connectivity index (χ3v) is 10.8. The van der Waals surface area contributed by atoms with E-state index in [0.717, 1.165) is 31.9 Å². The summed E-state index contributed by atoms with van der Waals surface area (Å²) in [6.45, 7) is 0. The Balaban J connectivity index is 1.23. The molecule has 1 fully saturated rings. The highest BCUT2D eigenvalue weighted by Crippen LogP contribution is 2.46. The third-order valence-electron chi connectivity index (χ3n) is 7.37. The summed E-state index contributed by atoms with van der Waals surface area (Å²) >= 11 is 10.4. The van der Waals surface area contributed by atoms with Gasteiger partial charge in [-0.2, -0.15) is 0 Å². The van der Waals surface area contributed by atoms with Crippen LogP contribution in [0.1, 0.15) is 27.9 Å². The van der Waals surface area contributed by atoms with Crippen LogP contribution in [0.3, 0.4) is 0 Å². The Labute approximate surface area is 271 Å². The lowest BCUT2D eigenvalue weighted by molar-refractivity contribution is -0.145. The van der Waals surface area contributed by atoms with Gasteiger partial charge in [0.15, 0.2) is 5.13 Å². The van der Waals surface area contributed by atoms with E-state index >= 15 is 0 Å². The smallest absolute Gasteiger partial charge is 0.253 e. The zero-order chi connectivity index (χ0) is 30.2. The van der Waals surface area contributed by atoms with E-state index in [4.69, 9.17) is 27.7 Å². The van der Waals surface area contributed by atoms with Crippen LogP contribution in [-0.4, -0.2) is 48.9 Å². The maximum absolute atomic E-state index is 13.8. The maximum atomic E-state index is 13.8. The van der Waals surface area contributed by atoms with Crippen molar-refractivity contribution in [1.82, 2.24) is 20.2 Å². The lowest BCUT2D eigenvalue weighted by Gasteiger charge is -2.50. The lowest BCUT2D eigenvalue weighted by atomic mass is 10.0. The number of ether oxygens (including phenoxy) is 1. The Bertz CT molecular complexity index is 1830. The molecule has 5 aromatic rings. The van der Waals surface area contributed by atoms with E-state index in [9.17, 15) is 9.59 Å². The molecule has 44 heavy (non-hydrogen) atoms. The molecule has 3 N–H and O–H groups in total. The molecule has 0 saturated carbocycles. The van der Waals surface area contributed by atoms with Crippen molar-refractivity contribution in [2.24, 2.45) is 0 Å². The molecule has 0 radical (unpaired) electrons. The average molecular weight is 656 g/mol. The number of nitrogen functional groups attached to an aromatic ring is 1. The Morgan fingerprint density at radius 1 is 1.02 bits per heavy atom. The number of para-hydroxylation sites is 1. The van der Waals surface area contributed by atoms with E-state index in [1.165, 1.54) is 11.3 Å². The Kier molecular flexibility index (Phi) is 7.89. The number of nitrogens with two attached hydrogens (primary N) is 1. The van der Waals surface area contributed by atoms with Gasteiger partial charge in [0.2, 0.25) is 11.0 Å². The van der Waals surface area contributed by atoms with E-state index in [1.54, 1.807) is 33.4 Å². The number of fused-ring (bicyclic) bond motifs is 2. The summed E-state index contributed by atoms with van der Waals surface area (Å²) in [6, 6.07) is 27.0. The summed E-state index contributed by atoms with van der Waals surface area (Å²) in [7, 11) is 0. The number of thiocarbonyl (C=S) groups is 1. The molecule has 7 rings (SSSR count). The molecule has 0 spiro atoms. The van der Waals surface area contributed by atoms with Crippen molar-refractivity contribution in [3.05, 3.63) is 118 Å². The fourth-order valence-corrected chi connectivity index (χ4v) is 8.64. The normalized spacial score (nSPS) is 17.8. The van der Waals surface area contributed by atoms with Crippen molar-refractivity contribution < 1.29 is 14.3 Å². The number of carbonyl (C=O) groups excluding carboxylic acids is 2. The second-order valence-electron chi connectivity index (χ2n) is 10.2. The highest BCUT2D eigenvalue weighted by molar-refractivity contribution is 8.00. The van der Waals surface area contributed by atoms with Crippen LogP contribution in [0.5, 0.6) is 0 Å². The molecule has 8 nitrogen and oxygen atoms in total. The quantitative estimate of drug-likeness (QED) is 0.159. The number of nitrogens with zero attached hydrogens (tertiary/aromatic N) is 3. The van der Waals surface area contributed by atoms with Crippen LogP contribution in [0.15, 0.2) is 96.0 Å². The van der Waals surface area contributed by atoms with Gasteiger partial charge in [-0.1, -0.05) is 72.8 Å². The van der Waals surface area contributed by atoms with E-state index in [-0.39, 0.29) is 28.7 Å². The Hall–Kier alpha value is -4.10. The van der Waals surface area contributed by atoms with Gasteiger partial charge in [-0.15, -0.1) is 34.4 Å². The largest absolute Gasteiger partial charge is 0.469 e. The predicted octanol–water partition coefficient (Wildman–Crippen LogP) is 5.82. The molecule has 2 amide bonds. The Morgan fingerprint density at radius 3 is 2.36 bits per heavy atom. The van der Waals surface area contributed by atoms with E-state index in [0.29, 0.717) is 22.3 Å². The molecule has 2 aliphatic rings. The Morgan fingerprint density at radius 2 is 1.70 bits per heavy atom. The van der Waals surface area contributed by atoms with Gasteiger partial charge in [-0.25, -0.2) is 9.97 Å². The number of hydrogen-bond acceptors (Lipinski definition) is 10. The highest BCUT2D eigenvalue weighted by atomic mass is 32.2. The monoisotopic (exact) mass is 655 g/mol. The van der Waals surface area contributed by atoms with Crippen LogP contribution in [0.2, 0.25) is 0 Å². The molecule has 3 aromatic carbocycles. The molecule has 12 heteroatoms. The first-order chi connectivity index (χ1) is 21.5. The zero-order valence-electron chi connectivity index (χ0n) is 23.1. The molecule has 220 valence electrons. The molecule has 2 aliphatic heterocycles. The number of benzene rings is 3. The number of β-lactam (4-membered cyclic amide) rings is 1. The number of hydrogen-bond donors (Lipinski definition) is 2. The number of thioether (sulfide) groups is 1. The van der Waals surface area contributed by atoms with Gasteiger partial charge in [-0.05, 0) is 35.5 Å². The molecule has 0 bridgehead atoms. The van der Waals surface area contributed by atoms with E-state index in [1.807, 2.05) is 84.9 Å². The second kappa shape index (κ2) is 12.1. The van der Waals surface area contributed by atoms with Crippen LogP contribution >= 0.6 is 46.7 Å². The number of thiazole rings is 2. The van der Waals surface area contributed by atoms with Gasteiger partial charge in [0.1, 0.15) is 28.2 Å². The molecule has 4 heterocycles. The number of aromatic nitrogens is 2. The number of rotatable bonds is 8. The second-order valence-corrected chi connectivity index (χ2v) is 13.6. The maximum Gasteiger partial charge on any atom is 0.253 e. The summed E-state index contributed by atoms with van der Waals surface area (Å²) in [6.07, 6.45) is -0.439. The van der Waals surface area contributed by atoms with Crippen LogP contribution in [0, 0.1) is 0 Å². The SMILES string of the molecule is Nc1nc(CC(=O)N[C@@H]2C(=O)N3C(C(=S)OC(c4ccccc4)c4ccccc4)=C(c4nc5ccccc5s4)CS[C@H]23)cs1. The first-order valence-electron chi connectivity index (χ1n) is 13.8. The zero-order valence-corrected chi connectivity index (χ0v) is 26.3. The lowest BCUT2D eigenvalue weighted by Crippen LogP contribution is -2.70. The predicted molar refractivity (Wildman–Crippen MR) is 180 cm³/mol. The number of anilines is 1. The fraction of sp³-hybridized carbons (Fsp3) is 0.156. The van der Waals surface area contributed by atoms with Crippen LogP contribution in [0.25, 0.3) is 15.8 Å². The third kappa shape index (κ3) is 5.50. The molecular formula is C32H25N5O3S4. The molecule has 2 atom stereocenters. The van der Waals surface area contributed by atoms with Gasteiger partial charge in [-0.3, -0.25) is 14.5 Å². The van der Waals surface area contributed by atoms with Crippen molar-refractivity contribution in [1.29, 1.82) is 0 Å². The first-order valence-corrected chi connectivity index (χ1v) is 17.0. The van der Waals surface area contributed by atoms with Gasteiger partial charge in [0.05, 0.1) is 22.3 Å². The minimum atomic E-state index is -0.697. The highest BCUT2D eigenvalue weighted by Gasteiger charge is 2.54. The summed E-state index contributed by atoms with van der Waals surface area (Å²) in [5.41, 5.74) is 10.4. The van der Waals surface area contributed by atoms with E-state index < -0.39 is 12.1 Å². The minimum absolute atomic E-state index is 0.0475. The summed E-state index contributed by atoms with van der Waals surface area (Å²) < 4.78 is 7.67. The standard InChI is InChI=1S/C32H25N5O3S4/c33-32-34-20(16-43-32)15-24(38)36-25-29(39)37-26(21(17-42-30(25)37)28-35-22-13-7-8-14-23(22)44-28)31(41)40-27(18-9-3-1-4-10-18)19-11-5-2-6-12-19/h1-14,16,25,27,30H,15,17H2,(H2,33,34)(H,36,38)/t25-,30-/m1/s1. The van der Waals surface area contributed by atoms with Crippen LogP contribution in [-0.2, 0) is 20.7 Å². The number of amides is 2. The number of carbonyl (C=O) groups is 2. The molecular weight excluding hydrogens is 631 g/mol. The first kappa shape index (κ1) is 28.7. The summed E-state index contributed by atoms with van der Waals surface area (Å²) in [4.78, 5) is 37.4. The van der Waals surface area contributed by atoms with Crippen molar-refractivity contribution >= 4 is 84.4 Å². The van der Waals surface area contributed by atoms with Gasteiger partial charge < -0.3 is 15.8 Å². The van der Waals surface area contributed by atoms with Crippen LogP contribution in [0.4, 0.5) is 5.13 Å². The van der Waals surface area contributed by atoms with Crippen molar-refractivity contribution in [3.8, 4) is 0 Å². The van der Waals surface area contributed by atoms with Gasteiger partial charge in [0, 0.05) is 16.7 Å². The average Bonchev–Trinajstić information content (AvgIpc) is 3.68. The molecule has 2 aromatic heterocycles. The van der Waals surface area contributed by atoms with Crippen molar-refractivity contribution in [2.75, 3.05) is 11.5 Å².